The van der Waals surface area contributed by atoms with Gasteiger partial charge in [0.05, 0.1) is 0 Å². The third-order valence-electron chi connectivity index (χ3n) is 10.1. The van der Waals surface area contributed by atoms with Crippen LogP contribution in [0.25, 0.3) is 84.2 Å². The largest absolute Gasteiger partial charge is 0.456 e. The standard InChI is InChI=1S/C46H27NOS2/c1-2-8-34-29(7-1)16-23-40-46(34)38-21-15-30(25-41(38)48-40)28-13-17-31(18-14-28)47(32-20-24-44-39(26-32)36-10-4-6-12-43(36)49-44)33-19-22-37-35-9-3-5-11-42(35)50-45(37)27-33/h1-27H. The first kappa shape index (κ1) is 28.0. The van der Waals surface area contributed by atoms with Crippen molar-refractivity contribution in [3.63, 3.8) is 0 Å². The molecule has 4 heteroatoms. The van der Waals surface area contributed by atoms with Gasteiger partial charge in [-0.2, -0.15) is 0 Å². The number of benzene rings is 8. The van der Waals surface area contributed by atoms with Crippen molar-refractivity contribution in [2.45, 2.75) is 0 Å². The average Bonchev–Trinajstić information content (AvgIpc) is 3.86. The molecule has 0 aliphatic carbocycles. The molecule has 0 spiro atoms. The summed E-state index contributed by atoms with van der Waals surface area (Å²) in [5, 5.41) is 10.00. The van der Waals surface area contributed by atoms with Crippen LogP contribution in [-0.2, 0) is 0 Å². The van der Waals surface area contributed by atoms with Gasteiger partial charge in [0.15, 0.2) is 0 Å². The van der Waals surface area contributed by atoms with Gasteiger partial charge >= 0.3 is 0 Å². The molecule has 0 unspecified atom stereocenters. The lowest BCUT2D eigenvalue weighted by atomic mass is 10.0. The topological polar surface area (TPSA) is 16.4 Å². The first-order valence-electron chi connectivity index (χ1n) is 16.8. The number of thiophene rings is 2. The zero-order valence-corrected chi connectivity index (χ0v) is 28.4. The number of furan rings is 1. The SMILES string of the molecule is c1ccc2c(c1)ccc1oc3cc(-c4ccc(N(c5ccc6c(c5)sc5ccccc56)c5ccc6sc7ccccc7c6c5)cc4)ccc3c12. The molecule has 0 atom stereocenters. The molecule has 0 bridgehead atoms. The zero-order chi connectivity index (χ0) is 32.8. The van der Waals surface area contributed by atoms with Gasteiger partial charge in [-0.25, -0.2) is 0 Å². The van der Waals surface area contributed by atoms with E-state index in [1.54, 1.807) is 0 Å². The highest BCUT2D eigenvalue weighted by Gasteiger charge is 2.17. The lowest BCUT2D eigenvalue weighted by Crippen LogP contribution is -2.09. The normalized spacial score (nSPS) is 12.0. The van der Waals surface area contributed by atoms with E-state index in [0.717, 1.165) is 44.7 Å². The predicted octanol–water partition coefficient (Wildman–Crippen LogP) is 14.6. The van der Waals surface area contributed by atoms with Gasteiger partial charge in [0.2, 0.25) is 0 Å². The first-order valence-corrected chi connectivity index (χ1v) is 18.5. The van der Waals surface area contributed by atoms with Gasteiger partial charge < -0.3 is 9.32 Å². The second-order valence-corrected chi connectivity index (χ2v) is 15.1. The van der Waals surface area contributed by atoms with Crippen LogP contribution in [0.15, 0.2) is 168 Å². The van der Waals surface area contributed by atoms with Gasteiger partial charge in [-0.05, 0) is 94.7 Å². The molecule has 0 fully saturated rings. The predicted molar refractivity (Wildman–Crippen MR) is 217 cm³/mol. The lowest BCUT2D eigenvalue weighted by molar-refractivity contribution is 0.669. The fourth-order valence-electron chi connectivity index (χ4n) is 7.68. The van der Waals surface area contributed by atoms with E-state index >= 15 is 0 Å². The summed E-state index contributed by atoms with van der Waals surface area (Å²) in [6.07, 6.45) is 0. The van der Waals surface area contributed by atoms with Crippen LogP contribution >= 0.6 is 22.7 Å². The molecule has 0 saturated heterocycles. The third kappa shape index (κ3) is 4.26. The smallest absolute Gasteiger partial charge is 0.136 e. The zero-order valence-electron chi connectivity index (χ0n) is 26.8. The number of nitrogens with zero attached hydrogens (tertiary/aromatic N) is 1. The molecule has 50 heavy (non-hydrogen) atoms. The molecule has 8 aromatic carbocycles. The van der Waals surface area contributed by atoms with Gasteiger partial charge in [0.25, 0.3) is 0 Å². The summed E-state index contributed by atoms with van der Waals surface area (Å²) in [6.45, 7) is 0. The van der Waals surface area contributed by atoms with Gasteiger partial charge in [-0.1, -0.05) is 91.0 Å². The minimum absolute atomic E-state index is 0.910. The maximum atomic E-state index is 6.41. The van der Waals surface area contributed by atoms with Gasteiger partial charge in [0.1, 0.15) is 11.2 Å². The Morgan fingerprint density at radius 2 is 0.960 bits per heavy atom. The second-order valence-electron chi connectivity index (χ2n) is 12.9. The van der Waals surface area contributed by atoms with Crippen LogP contribution in [0.4, 0.5) is 17.1 Å². The summed E-state index contributed by atoms with van der Waals surface area (Å²) in [5.74, 6) is 0. The second kappa shape index (κ2) is 10.8. The molecule has 0 aliphatic rings. The molecule has 0 radical (unpaired) electrons. The quantitative estimate of drug-likeness (QED) is 0.185. The number of fused-ring (bicyclic) bond motifs is 11. The van der Waals surface area contributed by atoms with Crippen LogP contribution in [0.5, 0.6) is 0 Å². The molecule has 0 aliphatic heterocycles. The van der Waals surface area contributed by atoms with Crippen LogP contribution in [-0.4, -0.2) is 0 Å². The monoisotopic (exact) mass is 673 g/mol. The van der Waals surface area contributed by atoms with Crippen molar-refractivity contribution >= 4 is 113 Å². The number of anilines is 3. The van der Waals surface area contributed by atoms with Gasteiger partial charge in [-0.15, -0.1) is 22.7 Å². The summed E-state index contributed by atoms with van der Waals surface area (Å²) in [4.78, 5) is 2.40. The minimum Gasteiger partial charge on any atom is -0.456 e. The number of rotatable bonds is 4. The Kier molecular flexibility index (Phi) is 6.03. The van der Waals surface area contributed by atoms with Crippen LogP contribution in [0.3, 0.4) is 0 Å². The molecule has 0 saturated carbocycles. The van der Waals surface area contributed by atoms with Crippen molar-refractivity contribution in [1.82, 2.24) is 0 Å². The Morgan fingerprint density at radius 3 is 1.80 bits per heavy atom. The van der Waals surface area contributed by atoms with Gasteiger partial charge in [0, 0.05) is 68.2 Å². The molecular weight excluding hydrogens is 647 g/mol. The Balaban J connectivity index is 1.04. The van der Waals surface area contributed by atoms with E-state index in [4.69, 9.17) is 4.42 Å². The van der Waals surface area contributed by atoms with E-state index < -0.39 is 0 Å². The van der Waals surface area contributed by atoms with Crippen molar-refractivity contribution in [1.29, 1.82) is 0 Å². The molecule has 11 rings (SSSR count). The van der Waals surface area contributed by atoms with Crippen LogP contribution < -0.4 is 4.90 Å². The average molecular weight is 674 g/mol. The van der Waals surface area contributed by atoms with E-state index in [2.05, 4.69) is 169 Å². The summed E-state index contributed by atoms with van der Waals surface area (Å²) in [5.41, 5.74) is 7.53. The summed E-state index contributed by atoms with van der Waals surface area (Å²) < 4.78 is 11.6. The Morgan fingerprint density at radius 1 is 0.360 bits per heavy atom. The van der Waals surface area contributed by atoms with E-state index in [1.807, 2.05) is 22.7 Å². The van der Waals surface area contributed by atoms with Crippen molar-refractivity contribution in [2.24, 2.45) is 0 Å². The Bertz CT molecular complexity index is 3110. The molecule has 3 aromatic heterocycles. The fraction of sp³-hybridized carbons (Fsp3) is 0. The van der Waals surface area contributed by atoms with Crippen LogP contribution in [0.2, 0.25) is 0 Å². The van der Waals surface area contributed by atoms with E-state index in [-0.39, 0.29) is 0 Å². The van der Waals surface area contributed by atoms with Crippen LogP contribution in [0, 0.1) is 0 Å². The number of hydrogen-bond donors (Lipinski definition) is 0. The molecular formula is C46H27NOS2. The van der Waals surface area contributed by atoms with Crippen molar-refractivity contribution in [3.05, 3.63) is 164 Å². The van der Waals surface area contributed by atoms with Crippen molar-refractivity contribution in [2.75, 3.05) is 4.90 Å². The third-order valence-corrected chi connectivity index (χ3v) is 12.3. The van der Waals surface area contributed by atoms with Crippen molar-refractivity contribution < 1.29 is 4.42 Å². The minimum atomic E-state index is 0.910. The fourth-order valence-corrected chi connectivity index (χ4v) is 9.91. The highest BCUT2D eigenvalue weighted by Crippen LogP contribution is 2.44. The molecule has 2 nitrogen and oxygen atoms in total. The first-order chi connectivity index (χ1) is 24.7. The lowest BCUT2D eigenvalue weighted by Gasteiger charge is -2.26. The molecule has 0 amide bonds. The van der Waals surface area contributed by atoms with Gasteiger partial charge in [-0.3, -0.25) is 0 Å². The molecule has 234 valence electrons. The number of hydrogen-bond acceptors (Lipinski definition) is 4. The summed E-state index contributed by atoms with van der Waals surface area (Å²) in [6, 6.07) is 59.6. The van der Waals surface area contributed by atoms with Crippen molar-refractivity contribution in [3.8, 4) is 11.1 Å². The van der Waals surface area contributed by atoms with Crippen LogP contribution in [0.1, 0.15) is 0 Å². The molecule has 0 N–H and O–H groups in total. The molecule has 3 heterocycles. The maximum Gasteiger partial charge on any atom is 0.136 e. The highest BCUT2D eigenvalue weighted by atomic mass is 32.1. The van der Waals surface area contributed by atoms with E-state index in [1.165, 1.54) is 56.5 Å². The molecule has 11 aromatic rings. The van der Waals surface area contributed by atoms with E-state index in [9.17, 15) is 0 Å². The Labute approximate surface area is 295 Å². The summed E-state index contributed by atoms with van der Waals surface area (Å²) in [7, 11) is 0. The maximum absolute atomic E-state index is 6.41. The highest BCUT2D eigenvalue weighted by molar-refractivity contribution is 7.26. The summed E-state index contributed by atoms with van der Waals surface area (Å²) >= 11 is 3.71. The van der Waals surface area contributed by atoms with E-state index in [0.29, 0.717) is 0 Å². The Hall–Kier alpha value is -5.94.